The summed E-state index contributed by atoms with van der Waals surface area (Å²) in [6.07, 6.45) is 3.92. The van der Waals surface area contributed by atoms with Crippen LogP contribution in [0.5, 0.6) is 0 Å². The van der Waals surface area contributed by atoms with Crippen LogP contribution in [0.1, 0.15) is 0 Å². The molecule has 2 heterocycles. The van der Waals surface area contributed by atoms with Gasteiger partial charge < -0.3 is 0 Å². The predicted octanol–water partition coefficient (Wildman–Crippen LogP) is 3.26. The predicted molar refractivity (Wildman–Crippen MR) is 106 cm³/mol. The number of aromatic nitrogens is 1. The molecule has 0 N–H and O–H groups in total. The Morgan fingerprint density at radius 2 is 1.83 bits per heavy atom. The van der Waals surface area contributed by atoms with Gasteiger partial charge in [-0.15, -0.1) is 0 Å². The number of nitriles is 1. The second kappa shape index (κ2) is 7.03. The highest BCUT2D eigenvalue weighted by molar-refractivity contribution is 7.90. The van der Waals surface area contributed by atoms with Crippen molar-refractivity contribution in [3.05, 3.63) is 60.4 Å². The molecular formula is C20H14F2N4O3S. The van der Waals surface area contributed by atoms with Crippen LogP contribution in [0.2, 0.25) is 0 Å². The number of carbonyl (C=O) groups excluding carboxylic acids is 1. The van der Waals surface area contributed by atoms with Crippen molar-refractivity contribution in [2.75, 3.05) is 22.6 Å². The molecular weight excluding hydrogens is 414 g/mol. The molecule has 10 heteroatoms. The maximum atomic E-state index is 13.6. The van der Waals surface area contributed by atoms with Crippen molar-refractivity contribution in [2.45, 2.75) is 10.9 Å². The van der Waals surface area contributed by atoms with Gasteiger partial charge in [-0.1, -0.05) is 6.07 Å². The molecule has 1 saturated heterocycles. The first-order chi connectivity index (χ1) is 14.2. The van der Waals surface area contributed by atoms with Gasteiger partial charge in [0.25, 0.3) is 0 Å². The summed E-state index contributed by atoms with van der Waals surface area (Å²) in [7, 11) is -3.51. The molecule has 1 fully saturated rings. The maximum absolute atomic E-state index is 13.6. The van der Waals surface area contributed by atoms with Crippen molar-refractivity contribution in [2.24, 2.45) is 0 Å². The highest BCUT2D eigenvalue weighted by Gasteiger charge is 2.40. The summed E-state index contributed by atoms with van der Waals surface area (Å²) in [5.74, 6) is -1.70. The summed E-state index contributed by atoms with van der Waals surface area (Å²) in [4.78, 5) is 19.5. The van der Waals surface area contributed by atoms with E-state index in [0.29, 0.717) is 16.8 Å². The quantitative estimate of drug-likeness (QED) is 0.638. The van der Waals surface area contributed by atoms with E-state index in [1.807, 2.05) is 6.07 Å². The van der Waals surface area contributed by atoms with Gasteiger partial charge in [0.1, 0.15) is 17.7 Å². The topological polar surface area (TPSA) is 94.4 Å². The molecule has 1 aromatic heterocycles. The molecule has 1 aliphatic rings. The van der Waals surface area contributed by atoms with E-state index in [-0.39, 0.29) is 22.8 Å². The van der Waals surface area contributed by atoms with E-state index in [2.05, 4.69) is 4.98 Å². The van der Waals surface area contributed by atoms with Crippen LogP contribution in [0.15, 0.2) is 53.7 Å². The molecule has 1 aliphatic heterocycles. The number of urea groups is 1. The Hall–Kier alpha value is -3.58. The largest absolute Gasteiger partial charge is 0.330 e. The molecule has 0 aliphatic carbocycles. The SMILES string of the molecule is CS(=O)(=O)c1ccc2cncc(N3C(=O)N(c4cc(F)cc(F)c4)C[C@H]3C#N)c2c1. The van der Waals surface area contributed by atoms with Gasteiger partial charge in [0.2, 0.25) is 0 Å². The number of hydrogen-bond donors (Lipinski definition) is 0. The molecule has 0 saturated carbocycles. The molecule has 152 valence electrons. The van der Waals surface area contributed by atoms with Crippen molar-refractivity contribution >= 4 is 38.0 Å². The van der Waals surface area contributed by atoms with Crippen molar-refractivity contribution in [3.63, 3.8) is 0 Å². The lowest BCUT2D eigenvalue weighted by Gasteiger charge is -2.21. The fourth-order valence-electron chi connectivity index (χ4n) is 3.43. The molecule has 4 rings (SSSR count). The van der Waals surface area contributed by atoms with E-state index < -0.39 is 33.5 Å². The Morgan fingerprint density at radius 3 is 2.47 bits per heavy atom. The normalized spacial score (nSPS) is 16.9. The van der Waals surface area contributed by atoms with E-state index >= 15 is 0 Å². The average molecular weight is 428 g/mol. The van der Waals surface area contributed by atoms with Gasteiger partial charge in [0, 0.05) is 29.3 Å². The zero-order valence-electron chi connectivity index (χ0n) is 15.6. The molecule has 0 bridgehead atoms. The van der Waals surface area contributed by atoms with Gasteiger partial charge >= 0.3 is 6.03 Å². The van der Waals surface area contributed by atoms with Crippen LogP contribution in [-0.4, -0.2) is 38.3 Å². The minimum atomic E-state index is -3.51. The molecule has 7 nitrogen and oxygen atoms in total. The molecule has 1 atom stereocenters. The lowest BCUT2D eigenvalue weighted by molar-refractivity contribution is 0.255. The van der Waals surface area contributed by atoms with E-state index in [1.54, 1.807) is 6.07 Å². The average Bonchev–Trinajstić information content (AvgIpc) is 3.02. The third-order valence-corrected chi connectivity index (χ3v) is 5.92. The van der Waals surface area contributed by atoms with E-state index in [1.165, 1.54) is 24.5 Å². The lowest BCUT2D eigenvalue weighted by atomic mass is 10.1. The maximum Gasteiger partial charge on any atom is 0.330 e. The molecule has 0 radical (unpaired) electrons. The van der Waals surface area contributed by atoms with Gasteiger partial charge in [-0.05, 0) is 24.3 Å². The summed E-state index contributed by atoms with van der Waals surface area (Å²) in [5.41, 5.74) is 0.208. The Balaban J connectivity index is 1.86. The van der Waals surface area contributed by atoms with Crippen LogP contribution >= 0.6 is 0 Å². The number of nitrogens with zero attached hydrogens (tertiary/aromatic N) is 4. The lowest BCUT2D eigenvalue weighted by Crippen LogP contribution is -2.34. The first kappa shape index (κ1) is 19.7. The number of benzene rings is 2. The number of hydrogen-bond acceptors (Lipinski definition) is 5. The highest BCUT2D eigenvalue weighted by Crippen LogP contribution is 2.34. The van der Waals surface area contributed by atoms with Crippen molar-refractivity contribution in [1.82, 2.24) is 4.98 Å². The number of sulfone groups is 1. The molecule has 2 amide bonds. The number of pyridine rings is 1. The van der Waals surface area contributed by atoms with Crippen LogP contribution in [0, 0.1) is 23.0 Å². The third kappa shape index (κ3) is 3.33. The molecule has 3 aromatic rings. The van der Waals surface area contributed by atoms with Crippen LogP contribution in [0.4, 0.5) is 25.0 Å². The number of rotatable bonds is 3. The minimum Gasteiger partial charge on any atom is -0.291 e. The summed E-state index contributed by atoms with van der Waals surface area (Å²) >= 11 is 0. The van der Waals surface area contributed by atoms with Gasteiger partial charge in [-0.3, -0.25) is 14.8 Å². The molecule has 30 heavy (non-hydrogen) atoms. The van der Waals surface area contributed by atoms with Gasteiger partial charge in [0.15, 0.2) is 9.84 Å². The van der Waals surface area contributed by atoms with Crippen molar-refractivity contribution < 1.29 is 22.0 Å². The molecule has 2 aromatic carbocycles. The monoisotopic (exact) mass is 428 g/mol. The number of anilines is 2. The summed E-state index contributed by atoms with van der Waals surface area (Å²) < 4.78 is 51.2. The van der Waals surface area contributed by atoms with Crippen molar-refractivity contribution in [1.29, 1.82) is 5.26 Å². The Labute approximate surface area is 170 Å². The van der Waals surface area contributed by atoms with E-state index in [9.17, 15) is 27.3 Å². The third-order valence-electron chi connectivity index (χ3n) is 4.81. The van der Waals surface area contributed by atoms with Gasteiger partial charge in [0.05, 0.1) is 35.1 Å². The van der Waals surface area contributed by atoms with Crippen molar-refractivity contribution in [3.8, 4) is 6.07 Å². The molecule has 0 spiro atoms. The van der Waals surface area contributed by atoms with E-state index in [4.69, 9.17) is 0 Å². The number of amides is 2. The first-order valence-corrected chi connectivity index (χ1v) is 10.6. The van der Waals surface area contributed by atoms with Crippen LogP contribution in [0.25, 0.3) is 10.8 Å². The highest BCUT2D eigenvalue weighted by atomic mass is 32.2. The summed E-state index contributed by atoms with van der Waals surface area (Å²) in [6, 6.07) is 7.45. The van der Waals surface area contributed by atoms with Gasteiger partial charge in [-0.25, -0.2) is 22.0 Å². The van der Waals surface area contributed by atoms with Crippen LogP contribution in [0.3, 0.4) is 0 Å². The standard InChI is InChI=1S/C20H14F2N4O3S/c1-30(28,29)17-3-2-12-9-24-10-19(18(12)7-17)26-16(8-23)11-25(20(26)27)15-5-13(21)4-14(22)6-15/h2-7,9-10,16H,11H2,1H3/t16-/m1/s1. The zero-order chi connectivity index (χ0) is 21.6. The fourth-order valence-corrected chi connectivity index (χ4v) is 4.07. The molecule has 0 unspecified atom stereocenters. The smallest absolute Gasteiger partial charge is 0.291 e. The number of carbonyl (C=O) groups is 1. The number of halogens is 2. The van der Waals surface area contributed by atoms with Crippen LogP contribution in [-0.2, 0) is 9.84 Å². The fraction of sp³-hybridized carbons (Fsp3) is 0.150. The second-order valence-corrected chi connectivity index (χ2v) is 8.87. The van der Waals surface area contributed by atoms with E-state index in [0.717, 1.165) is 28.2 Å². The van der Waals surface area contributed by atoms with Crippen LogP contribution < -0.4 is 9.80 Å². The van der Waals surface area contributed by atoms with Gasteiger partial charge in [-0.2, -0.15) is 5.26 Å². The Morgan fingerprint density at radius 1 is 1.13 bits per heavy atom. The minimum absolute atomic E-state index is 0.0229. The second-order valence-electron chi connectivity index (χ2n) is 6.85. The zero-order valence-corrected chi connectivity index (χ0v) is 16.4. The Kier molecular flexibility index (Phi) is 4.63. The Bertz CT molecular complexity index is 1320. The number of fused-ring (bicyclic) bond motifs is 1. The summed E-state index contributed by atoms with van der Waals surface area (Å²) in [6.45, 7) is -0.125. The summed E-state index contributed by atoms with van der Waals surface area (Å²) in [5, 5.41) is 10.6. The first-order valence-electron chi connectivity index (χ1n) is 8.73.